The van der Waals surface area contributed by atoms with Crippen LogP contribution in [0.3, 0.4) is 0 Å². The van der Waals surface area contributed by atoms with Crippen molar-refractivity contribution < 1.29 is 13.2 Å². The molecule has 21 heavy (non-hydrogen) atoms. The smallest absolute Gasteiger partial charge is 0.372 e. The molecule has 0 saturated heterocycles. The monoisotopic (exact) mass is 293 g/mol. The minimum absolute atomic E-state index is 0.0866. The maximum absolute atomic E-state index is 12.7. The lowest BCUT2D eigenvalue weighted by Gasteiger charge is -2.13. The Morgan fingerprint density at radius 2 is 2.00 bits per heavy atom. The summed E-state index contributed by atoms with van der Waals surface area (Å²) < 4.78 is 38.2. The average molecular weight is 293 g/mol. The van der Waals surface area contributed by atoms with Gasteiger partial charge >= 0.3 is 6.18 Å². The first kappa shape index (κ1) is 13.3. The molecule has 0 atom stereocenters. The Kier molecular flexibility index (Phi) is 3.00. The largest absolute Gasteiger partial charge is 0.421 e. The molecule has 0 unspecified atom stereocenters. The molecule has 0 amide bonds. The Labute approximate surface area is 117 Å². The van der Waals surface area contributed by atoms with Crippen molar-refractivity contribution in [3.63, 3.8) is 0 Å². The summed E-state index contributed by atoms with van der Waals surface area (Å²) in [5, 5.41) is 7.13. The summed E-state index contributed by atoms with van der Waals surface area (Å²) in [5.74, 6) is -0.186. The van der Waals surface area contributed by atoms with Crippen LogP contribution in [0.1, 0.15) is 5.56 Å². The van der Waals surface area contributed by atoms with Crippen LogP contribution in [0.15, 0.2) is 29.4 Å². The summed E-state index contributed by atoms with van der Waals surface area (Å²) in [6.45, 7) is 0. The summed E-state index contributed by atoms with van der Waals surface area (Å²) >= 11 is 0. The molecule has 0 aliphatic carbocycles. The van der Waals surface area contributed by atoms with Gasteiger partial charge in [0.2, 0.25) is 5.95 Å². The molecule has 2 heterocycles. The van der Waals surface area contributed by atoms with Crippen molar-refractivity contribution in [1.82, 2.24) is 9.97 Å². The van der Waals surface area contributed by atoms with Gasteiger partial charge in [-0.15, -0.1) is 0 Å². The van der Waals surface area contributed by atoms with Gasteiger partial charge in [0.25, 0.3) is 0 Å². The van der Waals surface area contributed by atoms with Crippen molar-refractivity contribution in [2.45, 2.75) is 6.18 Å². The van der Waals surface area contributed by atoms with Gasteiger partial charge in [0, 0.05) is 30.4 Å². The highest BCUT2D eigenvalue weighted by molar-refractivity contribution is 5.57. The summed E-state index contributed by atoms with van der Waals surface area (Å²) in [5.41, 5.74) is -0.221. The van der Waals surface area contributed by atoms with Crippen molar-refractivity contribution in [3.8, 4) is 0 Å². The molecule has 5 nitrogen and oxygen atoms in total. The second kappa shape index (κ2) is 4.72. The van der Waals surface area contributed by atoms with Crippen molar-refractivity contribution in [2.75, 3.05) is 17.7 Å². The number of alkyl halides is 3. The van der Waals surface area contributed by atoms with Gasteiger partial charge in [-0.2, -0.15) is 18.2 Å². The third kappa shape index (κ3) is 2.51. The lowest BCUT2D eigenvalue weighted by molar-refractivity contribution is -0.137. The molecule has 3 rings (SSSR count). The quantitative estimate of drug-likeness (QED) is 0.903. The number of benzene rings is 1. The van der Waals surface area contributed by atoms with Crippen LogP contribution in [0.4, 0.5) is 30.6 Å². The Hall–Kier alpha value is -2.64. The second-order valence-corrected chi connectivity index (χ2v) is 4.36. The van der Waals surface area contributed by atoms with E-state index in [-0.39, 0.29) is 11.8 Å². The van der Waals surface area contributed by atoms with Gasteiger partial charge < -0.3 is 10.6 Å². The minimum atomic E-state index is -4.50. The Bertz CT molecular complexity index is 814. The third-order valence-corrected chi connectivity index (χ3v) is 2.96. The van der Waals surface area contributed by atoms with Crippen LogP contribution in [0.25, 0.3) is 6.20 Å². The first-order valence-electron chi connectivity index (χ1n) is 6.04. The van der Waals surface area contributed by atoms with E-state index in [1.165, 1.54) is 7.05 Å². The van der Waals surface area contributed by atoms with E-state index in [4.69, 9.17) is 0 Å². The van der Waals surface area contributed by atoms with Crippen LogP contribution in [0.5, 0.6) is 0 Å². The highest BCUT2D eigenvalue weighted by Gasteiger charge is 2.35. The minimum Gasteiger partial charge on any atom is -0.372 e. The van der Waals surface area contributed by atoms with Crippen molar-refractivity contribution in [1.29, 1.82) is 0 Å². The fourth-order valence-corrected chi connectivity index (χ4v) is 1.90. The molecular formula is C13H10F3N5. The van der Waals surface area contributed by atoms with E-state index in [1.807, 2.05) is 6.07 Å². The summed E-state index contributed by atoms with van der Waals surface area (Å²) in [4.78, 5) is 11.6. The second-order valence-electron chi connectivity index (χ2n) is 4.36. The Morgan fingerprint density at radius 3 is 2.57 bits per heavy atom. The highest BCUT2D eigenvalue weighted by Crippen LogP contribution is 2.33. The molecule has 1 aliphatic heterocycles. The molecule has 1 aliphatic rings. The molecule has 2 N–H and O–H groups in total. The average Bonchev–Trinajstić information content (AvgIpc) is 2.40. The fourth-order valence-electron chi connectivity index (χ4n) is 1.90. The molecule has 0 spiro atoms. The fraction of sp³-hybridized carbons (Fsp3) is 0.154. The molecule has 108 valence electrons. The molecule has 1 aromatic carbocycles. The predicted molar refractivity (Wildman–Crippen MR) is 71.6 cm³/mol. The third-order valence-electron chi connectivity index (χ3n) is 2.96. The standard InChI is InChI=1S/C13H10F3N5/c1-17-11-9(13(14,15)16)6-19-12(21-11)20-8-2-3-10-7(4-8)5-18-10/h2-6H,1H3,(H2,17,19,20,21). The molecule has 0 fully saturated rings. The molecule has 0 radical (unpaired) electrons. The van der Waals surface area contributed by atoms with E-state index < -0.39 is 11.7 Å². The van der Waals surface area contributed by atoms with Crippen LogP contribution in [-0.4, -0.2) is 17.0 Å². The lowest BCUT2D eigenvalue weighted by Crippen LogP contribution is -2.30. The van der Waals surface area contributed by atoms with Gasteiger partial charge in [-0.25, -0.2) is 4.98 Å². The Morgan fingerprint density at radius 1 is 1.19 bits per heavy atom. The van der Waals surface area contributed by atoms with Crippen LogP contribution in [0.2, 0.25) is 0 Å². The number of hydrogen-bond acceptors (Lipinski definition) is 5. The molecule has 8 heteroatoms. The van der Waals surface area contributed by atoms with E-state index in [9.17, 15) is 13.2 Å². The van der Waals surface area contributed by atoms with Gasteiger partial charge in [-0.3, -0.25) is 4.99 Å². The van der Waals surface area contributed by atoms with E-state index in [1.54, 1.807) is 18.3 Å². The zero-order chi connectivity index (χ0) is 15.0. The van der Waals surface area contributed by atoms with Gasteiger partial charge in [0.1, 0.15) is 11.4 Å². The molecular weight excluding hydrogens is 283 g/mol. The van der Waals surface area contributed by atoms with Crippen LogP contribution >= 0.6 is 0 Å². The van der Waals surface area contributed by atoms with E-state index >= 15 is 0 Å². The molecule has 2 aromatic rings. The van der Waals surface area contributed by atoms with E-state index in [2.05, 4.69) is 25.6 Å². The van der Waals surface area contributed by atoms with Crippen LogP contribution in [-0.2, 0) is 6.18 Å². The lowest BCUT2D eigenvalue weighted by atomic mass is 10.2. The highest BCUT2D eigenvalue weighted by atomic mass is 19.4. The van der Waals surface area contributed by atoms with Crippen molar-refractivity contribution >= 4 is 23.7 Å². The van der Waals surface area contributed by atoms with Crippen molar-refractivity contribution in [2.24, 2.45) is 4.99 Å². The zero-order valence-electron chi connectivity index (χ0n) is 10.9. The summed E-state index contributed by atoms with van der Waals surface area (Å²) in [7, 11) is 1.38. The molecule has 0 bridgehead atoms. The predicted octanol–water partition coefficient (Wildman–Crippen LogP) is 1.65. The SMILES string of the molecule is CNc1nc(Nc2ccc3c(c2)=CN=3)ncc1C(F)(F)F. The number of aromatic nitrogens is 2. The van der Waals surface area contributed by atoms with Gasteiger partial charge in [-0.05, 0) is 18.2 Å². The van der Waals surface area contributed by atoms with Crippen LogP contribution < -0.4 is 21.2 Å². The van der Waals surface area contributed by atoms with E-state index in [0.29, 0.717) is 5.69 Å². The summed E-state index contributed by atoms with van der Waals surface area (Å²) in [6, 6.07) is 5.39. The zero-order valence-corrected chi connectivity index (χ0v) is 10.9. The molecule has 0 saturated carbocycles. The van der Waals surface area contributed by atoms with Crippen LogP contribution in [0, 0.1) is 0 Å². The Balaban J connectivity index is 1.91. The number of nitrogens with one attached hydrogen (secondary N) is 2. The number of rotatable bonds is 3. The number of halogens is 3. The maximum Gasteiger partial charge on any atom is 0.421 e. The summed E-state index contributed by atoms with van der Waals surface area (Å²) in [6.07, 6.45) is -2.04. The van der Waals surface area contributed by atoms with Gasteiger partial charge in [-0.1, -0.05) is 0 Å². The van der Waals surface area contributed by atoms with Crippen molar-refractivity contribution in [3.05, 3.63) is 40.5 Å². The first-order chi connectivity index (χ1) is 9.97. The van der Waals surface area contributed by atoms with Gasteiger partial charge in [0.05, 0.1) is 5.36 Å². The normalized spacial score (nSPS) is 12.6. The van der Waals surface area contributed by atoms with Gasteiger partial charge in [0.15, 0.2) is 0 Å². The number of fused-ring (bicyclic) bond motifs is 1. The topological polar surface area (TPSA) is 62.2 Å². The number of anilines is 3. The number of hydrogen-bond donors (Lipinski definition) is 2. The number of nitrogens with zero attached hydrogens (tertiary/aromatic N) is 3. The molecule has 1 aromatic heterocycles. The first-order valence-corrected chi connectivity index (χ1v) is 6.04. The maximum atomic E-state index is 12.7. The van der Waals surface area contributed by atoms with E-state index in [0.717, 1.165) is 16.8 Å².